The van der Waals surface area contributed by atoms with Gasteiger partial charge in [0.25, 0.3) is 0 Å². The van der Waals surface area contributed by atoms with Gasteiger partial charge in [0.2, 0.25) is 5.52 Å². The summed E-state index contributed by atoms with van der Waals surface area (Å²) in [6, 6.07) is 52.2. The summed E-state index contributed by atoms with van der Waals surface area (Å²) in [4.78, 5) is 99.0. The topological polar surface area (TPSA) is 261 Å². The second kappa shape index (κ2) is 54.7. The van der Waals surface area contributed by atoms with E-state index in [0.717, 1.165) is 137 Å². The summed E-state index contributed by atoms with van der Waals surface area (Å²) < 4.78 is 22.3. The number of hydrogen-bond acceptors (Lipinski definition) is 17. The Hall–Kier alpha value is -8.41. The number of nitrogens with zero attached hydrogens (tertiary/aromatic N) is 5. The van der Waals surface area contributed by atoms with E-state index >= 15 is 0 Å². The number of phenolic OH excluding ortho intramolecular Hbond substituents is 1. The van der Waals surface area contributed by atoms with E-state index in [9.17, 15) is 39.0 Å². The second-order valence-electron chi connectivity index (χ2n) is 32.0. The number of H-pyrrole nitrogens is 1. The number of rotatable bonds is 34. The van der Waals surface area contributed by atoms with Gasteiger partial charge in [0, 0.05) is 61.1 Å². The van der Waals surface area contributed by atoms with Crippen LogP contribution in [0, 0.1) is 5.92 Å². The molecule has 1 aliphatic rings. The minimum Gasteiger partial charge on any atom is 0 e. The van der Waals surface area contributed by atoms with Gasteiger partial charge in [-0.25, -0.2) is 4.98 Å². The zero-order valence-electron chi connectivity index (χ0n) is 74.3. The number of phenols is 1. The zero-order chi connectivity index (χ0) is 88.1. The summed E-state index contributed by atoms with van der Waals surface area (Å²) in [6.07, 6.45) is 37.3. The minimum absolute atomic E-state index is 0. The molecule has 1 aliphatic carbocycles. The number of carbonyl (C=O) groups is 6. The Labute approximate surface area is 802 Å². The third-order valence-corrected chi connectivity index (χ3v) is 24.5. The predicted molar refractivity (Wildman–Crippen MR) is 498 cm³/mol. The van der Waals surface area contributed by atoms with Crippen LogP contribution in [0.25, 0.3) is 65.4 Å². The molecular weight excluding hydrogens is 1840 g/mol. The molecule has 0 aliphatic heterocycles. The fourth-order valence-electron chi connectivity index (χ4n) is 15.2. The van der Waals surface area contributed by atoms with Crippen molar-refractivity contribution in [2.24, 2.45) is 5.92 Å². The Balaban J connectivity index is 0.000000206. The van der Waals surface area contributed by atoms with Crippen LogP contribution in [0.1, 0.15) is 289 Å². The van der Waals surface area contributed by atoms with Crippen LogP contribution in [0.2, 0.25) is 0 Å². The maximum absolute atomic E-state index is 12.9. The van der Waals surface area contributed by atoms with E-state index < -0.39 is 0 Å². The van der Waals surface area contributed by atoms with Crippen molar-refractivity contribution in [3.8, 4) is 34.5 Å². The van der Waals surface area contributed by atoms with Gasteiger partial charge in [-0.05, 0) is 42.9 Å². The average molecular weight is 1960 g/mol. The number of aromatic hydroxyl groups is 1. The Bertz CT molecular complexity index is 5600. The number of benzene rings is 7. The van der Waals surface area contributed by atoms with Crippen molar-refractivity contribution in [2.75, 3.05) is 0 Å². The fraction of sp³-hybridized carbons (Fsp3) is 0.347. The third-order valence-electron chi connectivity index (χ3n) is 22.1. The average Bonchev–Trinajstić information content (AvgIpc) is 0.896. The number of ketones is 6. The third kappa shape index (κ3) is 29.8. The van der Waals surface area contributed by atoms with Gasteiger partial charge in [-0.1, -0.05) is 64.7 Å². The summed E-state index contributed by atoms with van der Waals surface area (Å²) in [5.74, 6) is 4.09. The van der Waals surface area contributed by atoms with E-state index in [1.165, 1.54) is 69.4 Å². The standard InChI is InChI=1S/C20H19NO2.C19H25NO2.C17H19NO2.3C15H17NO2.4Ga.Li.Zn.4H/c1-20(2,3)15-9-6-14(7-10-15)18(22)16-11-8-13-5-4-12-21-17(13)19(16)23;1-2-3-4-5-6-7-8-11-17(21)16-13-12-15-10-9-14-20-18(15)19(16)22;19-15(10-7-12-4-1-2-5-12)14-9-8-13-6-3-11-18-16(13)17(14)20;2*1-2-3-4-7-13(17)11-8-9-14(18)15-12(11)6-5-10-16-15;1-2-3-4-7-13(17)12-9-8-11-6-5-10-16-14(11)15(12)18;;;;;;;;;;/h4-12,23H,1-3H3;9-10,12-14,22H,2-8,11H2,1H3;3,6,8-9,11-12,20H,1-2,4-5,7,10H2;3*5-6,8-10,18H,2-4,7H2,1H3;;;;;;;;;;/q;;;;;;5*+1;;;;;/p-4. The first-order valence-corrected chi connectivity index (χ1v) is 48.3. The van der Waals surface area contributed by atoms with Crippen molar-refractivity contribution in [1.29, 1.82) is 0 Å². The van der Waals surface area contributed by atoms with E-state index in [2.05, 4.69) is 78.4 Å². The van der Waals surface area contributed by atoms with Crippen LogP contribution in [0.15, 0.2) is 207 Å². The van der Waals surface area contributed by atoms with Gasteiger partial charge in [0.05, 0.1) is 5.39 Å². The van der Waals surface area contributed by atoms with Crippen molar-refractivity contribution >= 4 is 176 Å². The molecule has 2 N–H and O–H groups in total. The molecule has 125 heavy (non-hydrogen) atoms. The molecule has 0 atom stereocenters. The van der Waals surface area contributed by atoms with Crippen LogP contribution in [0.5, 0.6) is 34.5 Å². The number of hydrogen-bond donors (Lipinski definition) is 1. The first-order valence-electron chi connectivity index (χ1n) is 43.4. The molecule has 6 aromatic heterocycles. The molecule has 0 unspecified atom stereocenters. The summed E-state index contributed by atoms with van der Waals surface area (Å²) in [7, 11) is 0. The molecule has 0 amide bonds. The van der Waals surface area contributed by atoms with Gasteiger partial charge in [-0.2, -0.15) is 0 Å². The van der Waals surface area contributed by atoms with Crippen LogP contribution >= 0.6 is 0 Å². The molecule has 1 fully saturated rings. The Morgan fingerprint density at radius 2 is 0.736 bits per heavy atom. The van der Waals surface area contributed by atoms with Gasteiger partial charge in [0.1, 0.15) is 11.3 Å². The normalized spacial score (nSPS) is 11.5. The van der Waals surface area contributed by atoms with Gasteiger partial charge in [-0.3, -0.25) is 14.6 Å². The van der Waals surface area contributed by atoms with Gasteiger partial charge in [0.15, 0.2) is 17.8 Å². The smallest absolute Gasteiger partial charge is 0 e. The number of aromatic nitrogens is 6. The first kappa shape index (κ1) is 104. The maximum atomic E-state index is 12.9. The van der Waals surface area contributed by atoms with Gasteiger partial charge < -0.3 is 10.2 Å². The zero-order valence-corrected chi connectivity index (χ0v) is 89.1. The number of pyridine rings is 6. The Morgan fingerprint density at radius 1 is 0.400 bits per heavy atom. The Morgan fingerprint density at radius 3 is 1.16 bits per heavy atom. The largest absolute Gasteiger partial charge is 1.00 e. The molecule has 0 spiro atoms. The summed E-state index contributed by atoms with van der Waals surface area (Å²) >= 11 is 2.59. The number of nitrogens with one attached hydrogen (secondary N) is 1. The van der Waals surface area contributed by atoms with E-state index in [1.807, 2.05) is 140 Å². The molecular formula is C101H114Ga4LiN6O12Zn+. The number of Topliss-reactive ketones (excluding diaryl/α,β-unsaturated/α-hetero) is 5. The van der Waals surface area contributed by atoms with E-state index in [0.29, 0.717) is 181 Å². The number of aromatic amines is 1. The van der Waals surface area contributed by atoms with E-state index in [1.54, 1.807) is 61.4 Å². The van der Waals surface area contributed by atoms with Crippen LogP contribution in [-0.4, -0.2) is 141 Å². The molecule has 4 radical (unpaired) electrons. The van der Waals surface area contributed by atoms with Crippen LogP contribution in [0.3, 0.4) is 0 Å². The molecule has 1 saturated carbocycles. The number of unbranched alkanes of at least 4 members (excludes halogenated alkanes) is 12. The first-order chi connectivity index (χ1) is 59.7. The van der Waals surface area contributed by atoms with Crippen molar-refractivity contribution in [3.05, 3.63) is 252 Å². The van der Waals surface area contributed by atoms with Crippen molar-refractivity contribution in [2.45, 2.75) is 221 Å². The van der Waals surface area contributed by atoms with Gasteiger partial charge >= 0.3 is 572 Å². The molecule has 13 aromatic rings. The van der Waals surface area contributed by atoms with E-state index in [-0.39, 0.29) is 90.0 Å². The van der Waals surface area contributed by atoms with Crippen LogP contribution < -0.4 is 43.1 Å². The SMILES string of the molecule is CC(C)(C)c1ccc(C(=O)c2ccc3cccnc3c2[O][GaH])cc1.CCCCCC(=O)c1ccc(O)c2ncccc12.CCCCCC(=O)c1ccc([O-])c2[nH+]cccc12.CCCCCC(=O)c1ccc2cccnc2c1[O][GaH].CCCCCCCCCC(=O)c1ccc2cccnc2c1[O][GaH].O=C(CCC1CCCC1)c1ccc2cccnc2c1[O][GaH].[Li+].[Zn]. The van der Waals surface area contributed by atoms with Crippen molar-refractivity contribution in [1.82, 2.24) is 24.9 Å². The van der Waals surface area contributed by atoms with Crippen molar-refractivity contribution < 1.29 is 96.4 Å². The molecule has 18 nitrogen and oxygen atoms in total. The second-order valence-corrected chi connectivity index (χ2v) is 34.4. The van der Waals surface area contributed by atoms with Gasteiger partial charge in [-0.15, -0.1) is 0 Å². The van der Waals surface area contributed by atoms with Crippen LogP contribution in [0.4, 0.5) is 0 Å². The minimum atomic E-state index is -0.0734. The summed E-state index contributed by atoms with van der Waals surface area (Å²) in [5, 5.41) is 26.9. The summed E-state index contributed by atoms with van der Waals surface area (Å²) in [5.41, 5.74) is 10.0. The molecule has 24 heteroatoms. The fourth-order valence-corrected chi connectivity index (χ4v) is 17.6. The Kier molecular flexibility index (Phi) is 45.3. The molecule has 14 rings (SSSR count). The van der Waals surface area contributed by atoms with E-state index in [4.69, 9.17) is 14.1 Å². The maximum Gasteiger partial charge on any atom is 1.00 e. The monoisotopic (exact) mass is 1950 g/mol. The molecule has 6 heterocycles. The number of carbonyl (C=O) groups excluding carboxylic acids is 6. The molecule has 7 aromatic carbocycles. The number of fused-ring (bicyclic) bond motifs is 6. The molecule has 0 bridgehead atoms. The quantitative estimate of drug-likeness (QED) is 0.0223. The molecule has 0 saturated heterocycles. The summed E-state index contributed by atoms with van der Waals surface area (Å²) in [6.45, 7) is 15.1. The van der Waals surface area contributed by atoms with Crippen molar-refractivity contribution in [3.63, 3.8) is 0 Å². The van der Waals surface area contributed by atoms with Crippen LogP contribution in [-0.2, 0) is 24.9 Å². The predicted octanol–water partition coefficient (Wildman–Crippen LogP) is 18.7. The molecule has 634 valence electrons.